The first-order valence-electron chi connectivity index (χ1n) is 5.42. The van der Waals surface area contributed by atoms with Crippen LogP contribution < -0.4 is 5.32 Å². The van der Waals surface area contributed by atoms with Gasteiger partial charge in [0.05, 0.1) is 18.0 Å². The summed E-state index contributed by atoms with van der Waals surface area (Å²) < 4.78 is 27.3. The Balaban J connectivity index is 1.99. The average Bonchev–Trinajstić information content (AvgIpc) is 2.75. The summed E-state index contributed by atoms with van der Waals surface area (Å²) in [6.07, 6.45) is 2.44. The van der Waals surface area contributed by atoms with Crippen molar-refractivity contribution in [1.82, 2.24) is 9.78 Å². The Morgan fingerprint density at radius 1 is 1.39 bits per heavy atom. The molecule has 2 N–H and O–H groups in total. The van der Waals surface area contributed by atoms with Crippen LogP contribution in [0.4, 0.5) is 14.5 Å². The molecule has 0 aliphatic rings. The van der Waals surface area contributed by atoms with Crippen molar-refractivity contribution in [2.75, 3.05) is 11.9 Å². The van der Waals surface area contributed by atoms with Gasteiger partial charge in [0.15, 0.2) is 11.6 Å². The van der Waals surface area contributed by atoms with Crippen LogP contribution in [-0.2, 0) is 7.05 Å². The van der Waals surface area contributed by atoms with Gasteiger partial charge in [0.2, 0.25) is 0 Å². The molecule has 0 spiro atoms. The van der Waals surface area contributed by atoms with Crippen molar-refractivity contribution in [3.8, 4) is 0 Å². The maximum atomic E-state index is 13.0. The molecular weight excluding hydrogens is 240 g/mol. The fraction of sp³-hybridized carbons (Fsp3) is 0.250. The van der Waals surface area contributed by atoms with Gasteiger partial charge in [0.25, 0.3) is 0 Å². The summed E-state index contributed by atoms with van der Waals surface area (Å²) in [5, 5.41) is 16.7. The fourth-order valence-electron chi connectivity index (χ4n) is 1.56. The molecule has 0 aliphatic heterocycles. The minimum atomic E-state index is -0.965. The molecule has 2 rings (SSSR count). The first-order chi connectivity index (χ1) is 8.56. The standard InChI is InChI=1S/C12H13F2N3O/c1-17-7-9(5-16-17)15-6-12(18)8-2-3-10(13)11(14)4-8/h2-5,7,12,15,18H,6H2,1H3. The van der Waals surface area contributed by atoms with E-state index in [1.165, 1.54) is 6.07 Å². The van der Waals surface area contributed by atoms with Gasteiger partial charge in [-0.3, -0.25) is 4.68 Å². The molecule has 1 aromatic heterocycles. The van der Waals surface area contributed by atoms with E-state index in [1.807, 2.05) is 0 Å². The third kappa shape index (κ3) is 2.84. The number of hydrogen-bond donors (Lipinski definition) is 2. The molecule has 0 saturated carbocycles. The van der Waals surface area contributed by atoms with E-state index >= 15 is 0 Å². The molecule has 1 unspecified atom stereocenters. The number of aliphatic hydroxyl groups excluding tert-OH is 1. The second-order valence-corrected chi connectivity index (χ2v) is 3.97. The fourth-order valence-corrected chi connectivity index (χ4v) is 1.56. The van der Waals surface area contributed by atoms with Gasteiger partial charge in [0.1, 0.15) is 0 Å². The van der Waals surface area contributed by atoms with Gasteiger partial charge >= 0.3 is 0 Å². The van der Waals surface area contributed by atoms with E-state index in [4.69, 9.17) is 0 Å². The highest BCUT2D eigenvalue weighted by atomic mass is 19.2. The molecule has 2 aromatic rings. The van der Waals surface area contributed by atoms with Crippen LogP contribution in [0.5, 0.6) is 0 Å². The topological polar surface area (TPSA) is 50.1 Å². The summed E-state index contributed by atoms with van der Waals surface area (Å²) in [5.74, 6) is -1.89. The number of aromatic nitrogens is 2. The lowest BCUT2D eigenvalue weighted by atomic mass is 10.1. The van der Waals surface area contributed by atoms with Crippen LogP contribution in [-0.4, -0.2) is 21.4 Å². The minimum absolute atomic E-state index is 0.191. The van der Waals surface area contributed by atoms with Crippen molar-refractivity contribution >= 4 is 5.69 Å². The Hall–Kier alpha value is -1.95. The summed E-state index contributed by atoms with van der Waals surface area (Å²) in [7, 11) is 1.77. The lowest BCUT2D eigenvalue weighted by molar-refractivity contribution is 0.191. The molecule has 1 heterocycles. The molecule has 96 valence electrons. The largest absolute Gasteiger partial charge is 0.387 e. The average molecular weight is 253 g/mol. The lowest BCUT2D eigenvalue weighted by Gasteiger charge is -2.12. The first-order valence-corrected chi connectivity index (χ1v) is 5.42. The summed E-state index contributed by atoms with van der Waals surface area (Å²) in [4.78, 5) is 0. The van der Waals surface area contributed by atoms with Crippen molar-refractivity contribution in [1.29, 1.82) is 0 Å². The summed E-state index contributed by atoms with van der Waals surface area (Å²) >= 11 is 0. The Bertz CT molecular complexity index is 542. The predicted molar refractivity (Wildman–Crippen MR) is 63.0 cm³/mol. The number of aliphatic hydroxyl groups is 1. The van der Waals surface area contributed by atoms with Crippen LogP contribution in [0.3, 0.4) is 0 Å². The first kappa shape index (κ1) is 12.5. The van der Waals surface area contributed by atoms with Crippen molar-refractivity contribution in [3.63, 3.8) is 0 Å². The van der Waals surface area contributed by atoms with Crippen molar-refractivity contribution in [3.05, 3.63) is 47.8 Å². The Labute approximate surface area is 103 Å². The number of rotatable bonds is 4. The highest BCUT2D eigenvalue weighted by molar-refractivity contribution is 5.38. The number of halogens is 2. The zero-order chi connectivity index (χ0) is 13.1. The molecule has 0 saturated heterocycles. The second kappa shape index (κ2) is 5.14. The van der Waals surface area contributed by atoms with Gasteiger partial charge < -0.3 is 10.4 Å². The Morgan fingerprint density at radius 2 is 2.17 bits per heavy atom. The van der Waals surface area contributed by atoms with Gasteiger partial charge in [-0.1, -0.05) is 6.07 Å². The smallest absolute Gasteiger partial charge is 0.159 e. The predicted octanol–water partition coefficient (Wildman–Crippen LogP) is 1.84. The van der Waals surface area contributed by atoms with E-state index in [0.29, 0.717) is 5.56 Å². The number of nitrogens with one attached hydrogen (secondary N) is 1. The van der Waals surface area contributed by atoms with Gasteiger partial charge in [-0.25, -0.2) is 8.78 Å². The number of nitrogens with zero attached hydrogens (tertiary/aromatic N) is 2. The van der Waals surface area contributed by atoms with Gasteiger partial charge in [-0.15, -0.1) is 0 Å². The van der Waals surface area contributed by atoms with Crippen LogP contribution in [0.15, 0.2) is 30.6 Å². The lowest BCUT2D eigenvalue weighted by Crippen LogP contribution is -2.12. The van der Waals surface area contributed by atoms with Crippen molar-refractivity contribution < 1.29 is 13.9 Å². The van der Waals surface area contributed by atoms with E-state index in [9.17, 15) is 13.9 Å². The molecule has 0 fully saturated rings. The third-order valence-electron chi connectivity index (χ3n) is 2.53. The van der Waals surface area contributed by atoms with Crippen molar-refractivity contribution in [2.24, 2.45) is 7.05 Å². The number of hydrogen-bond acceptors (Lipinski definition) is 3. The van der Waals surface area contributed by atoms with Crippen LogP contribution >= 0.6 is 0 Å². The molecule has 0 amide bonds. The molecule has 6 heteroatoms. The molecule has 0 aliphatic carbocycles. The number of anilines is 1. The SMILES string of the molecule is Cn1cc(NCC(O)c2ccc(F)c(F)c2)cn1. The molecule has 1 aromatic carbocycles. The van der Waals surface area contributed by atoms with Crippen LogP contribution in [0.2, 0.25) is 0 Å². The number of benzene rings is 1. The van der Waals surface area contributed by atoms with Gasteiger partial charge in [-0.05, 0) is 17.7 Å². The van der Waals surface area contributed by atoms with E-state index in [-0.39, 0.29) is 6.54 Å². The van der Waals surface area contributed by atoms with E-state index in [1.54, 1.807) is 24.1 Å². The molecule has 0 radical (unpaired) electrons. The Kier molecular flexibility index (Phi) is 3.57. The minimum Gasteiger partial charge on any atom is -0.387 e. The molecule has 18 heavy (non-hydrogen) atoms. The summed E-state index contributed by atoms with van der Waals surface area (Å²) in [5.41, 5.74) is 1.07. The molecule has 1 atom stereocenters. The normalized spacial score (nSPS) is 12.4. The number of aryl methyl sites for hydroxylation is 1. The maximum Gasteiger partial charge on any atom is 0.159 e. The highest BCUT2D eigenvalue weighted by Crippen LogP contribution is 2.17. The quantitative estimate of drug-likeness (QED) is 0.874. The van der Waals surface area contributed by atoms with Crippen LogP contribution in [0.1, 0.15) is 11.7 Å². The monoisotopic (exact) mass is 253 g/mol. The maximum absolute atomic E-state index is 13.0. The Morgan fingerprint density at radius 3 is 2.78 bits per heavy atom. The van der Waals surface area contributed by atoms with Gasteiger partial charge in [-0.2, -0.15) is 5.10 Å². The summed E-state index contributed by atoms with van der Waals surface area (Å²) in [6.45, 7) is 0.191. The molecular formula is C12H13F2N3O. The third-order valence-corrected chi connectivity index (χ3v) is 2.53. The molecule has 0 bridgehead atoms. The van der Waals surface area contributed by atoms with E-state index < -0.39 is 17.7 Å². The second-order valence-electron chi connectivity index (χ2n) is 3.97. The zero-order valence-corrected chi connectivity index (χ0v) is 9.77. The van der Waals surface area contributed by atoms with Gasteiger partial charge in [0, 0.05) is 19.8 Å². The van der Waals surface area contributed by atoms with Crippen LogP contribution in [0.25, 0.3) is 0 Å². The van der Waals surface area contributed by atoms with E-state index in [2.05, 4.69) is 10.4 Å². The summed E-state index contributed by atoms with van der Waals surface area (Å²) in [6, 6.07) is 3.34. The van der Waals surface area contributed by atoms with E-state index in [0.717, 1.165) is 17.8 Å². The molecule has 4 nitrogen and oxygen atoms in total. The highest BCUT2D eigenvalue weighted by Gasteiger charge is 2.10. The zero-order valence-electron chi connectivity index (χ0n) is 9.77. The van der Waals surface area contributed by atoms with Crippen molar-refractivity contribution in [2.45, 2.75) is 6.10 Å². The van der Waals surface area contributed by atoms with Crippen LogP contribution in [0, 0.1) is 11.6 Å².